The van der Waals surface area contributed by atoms with E-state index in [4.69, 9.17) is 5.21 Å². The molecule has 0 rings (SSSR count). The van der Waals surface area contributed by atoms with Gasteiger partial charge in [-0.15, -0.1) is 0 Å². The molecule has 0 aromatic heterocycles. The van der Waals surface area contributed by atoms with E-state index in [0.29, 0.717) is 0 Å². The molecule has 58 valence electrons. The Morgan fingerprint density at radius 3 is 2.80 bits per heavy atom. The van der Waals surface area contributed by atoms with Crippen LogP contribution in [0.15, 0.2) is 17.3 Å². The van der Waals surface area contributed by atoms with Crippen molar-refractivity contribution in [3.63, 3.8) is 0 Å². The molecule has 0 spiro atoms. The van der Waals surface area contributed by atoms with Crippen molar-refractivity contribution in [2.75, 3.05) is 0 Å². The molecule has 0 bridgehead atoms. The van der Waals surface area contributed by atoms with Gasteiger partial charge in [-0.1, -0.05) is 31.0 Å². The highest BCUT2D eigenvalue weighted by Crippen LogP contribution is 1.98. The Bertz CT molecular complexity index is 108. The van der Waals surface area contributed by atoms with E-state index in [-0.39, 0.29) is 0 Å². The van der Waals surface area contributed by atoms with Crippen molar-refractivity contribution in [3.05, 3.63) is 12.2 Å². The van der Waals surface area contributed by atoms with E-state index >= 15 is 0 Å². The summed E-state index contributed by atoms with van der Waals surface area (Å²) >= 11 is 0. The van der Waals surface area contributed by atoms with Crippen molar-refractivity contribution in [3.8, 4) is 0 Å². The zero-order valence-electron chi connectivity index (χ0n) is 6.45. The summed E-state index contributed by atoms with van der Waals surface area (Å²) in [4.78, 5) is 0. The number of allylic oxidation sites excluding steroid dienone is 2. The fourth-order valence-corrected chi connectivity index (χ4v) is 0.708. The molecular weight excluding hydrogens is 126 g/mol. The molecular formula is C8H15NO. The van der Waals surface area contributed by atoms with Crippen LogP contribution >= 0.6 is 0 Å². The first-order valence-electron chi connectivity index (χ1n) is 3.74. The molecule has 0 saturated carbocycles. The van der Waals surface area contributed by atoms with Crippen LogP contribution in [0.5, 0.6) is 0 Å². The highest BCUT2D eigenvalue weighted by Gasteiger charge is 1.79. The van der Waals surface area contributed by atoms with Crippen LogP contribution in [-0.2, 0) is 0 Å². The number of unbranched alkanes of at least 4 members (excludes halogenated alkanes) is 3. The standard InChI is InChI=1S/C8H15NO/c1-2-3-4-5-6-7-8-9-10/h6-8,10H,2-5H2,1H3/b7-6+,9-8+. The predicted octanol–water partition coefficient (Wildman–Crippen LogP) is 2.58. The Labute approximate surface area is 62.2 Å². The van der Waals surface area contributed by atoms with Gasteiger partial charge in [0.25, 0.3) is 0 Å². The van der Waals surface area contributed by atoms with Crippen LogP contribution in [0.4, 0.5) is 0 Å². The fourth-order valence-electron chi connectivity index (χ4n) is 0.708. The molecule has 0 amide bonds. The van der Waals surface area contributed by atoms with Gasteiger partial charge in [-0.05, 0) is 18.9 Å². The molecule has 10 heavy (non-hydrogen) atoms. The topological polar surface area (TPSA) is 32.6 Å². The maximum Gasteiger partial charge on any atom is 0.0658 e. The largest absolute Gasteiger partial charge is 0.411 e. The average molecular weight is 141 g/mol. The Hall–Kier alpha value is -0.790. The molecule has 0 aliphatic rings. The number of oxime groups is 1. The Balaban J connectivity index is 3.02. The summed E-state index contributed by atoms with van der Waals surface area (Å²) in [6.07, 6.45) is 9.99. The fraction of sp³-hybridized carbons (Fsp3) is 0.625. The molecule has 0 aliphatic carbocycles. The summed E-state index contributed by atoms with van der Waals surface area (Å²) in [6, 6.07) is 0. The SMILES string of the molecule is CCCCC/C=C/C=N/O. The number of rotatable bonds is 5. The first-order valence-corrected chi connectivity index (χ1v) is 3.74. The van der Waals surface area contributed by atoms with E-state index in [1.165, 1.54) is 25.5 Å². The number of nitrogens with zero attached hydrogens (tertiary/aromatic N) is 1. The first-order chi connectivity index (χ1) is 4.91. The van der Waals surface area contributed by atoms with Gasteiger partial charge >= 0.3 is 0 Å². The number of hydrogen-bond acceptors (Lipinski definition) is 2. The van der Waals surface area contributed by atoms with Crippen LogP contribution < -0.4 is 0 Å². The Kier molecular flexibility index (Phi) is 7.56. The minimum Gasteiger partial charge on any atom is -0.411 e. The minimum absolute atomic E-state index is 1.08. The maximum atomic E-state index is 7.99. The summed E-state index contributed by atoms with van der Waals surface area (Å²) < 4.78 is 0. The Morgan fingerprint density at radius 1 is 1.40 bits per heavy atom. The number of hydrogen-bond donors (Lipinski definition) is 1. The monoisotopic (exact) mass is 141 g/mol. The summed E-state index contributed by atoms with van der Waals surface area (Å²) in [5.41, 5.74) is 0. The van der Waals surface area contributed by atoms with E-state index in [9.17, 15) is 0 Å². The van der Waals surface area contributed by atoms with Crippen LogP contribution in [0.3, 0.4) is 0 Å². The van der Waals surface area contributed by atoms with Crippen LogP contribution in [0, 0.1) is 0 Å². The first kappa shape index (κ1) is 9.21. The molecule has 0 fully saturated rings. The third-order valence-corrected chi connectivity index (χ3v) is 1.26. The summed E-state index contributed by atoms with van der Waals surface area (Å²) in [5, 5.41) is 10.8. The van der Waals surface area contributed by atoms with E-state index < -0.39 is 0 Å². The summed E-state index contributed by atoms with van der Waals surface area (Å²) in [7, 11) is 0. The molecule has 0 aromatic rings. The molecule has 0 radical (unpaired) electrons. The Morgan fingerprint density at radius 2 is 2.20 bits per heavy atom. The summed E-state index contributed by atoms with van der Waals surface area (Å²) in [5.74, 6) is 0. The summed E-state index contributed by atoms with van der Waals surface area (Å²) in [6.45, 7) is 2.18. The normalized spacial score (nSPS) is 11.7. The maximum absolute atomic E-state index is 7.99. The van der Waals surface area contributed by atoms with Gasteiger partial charge in [0.2, 0.25) is 0 Å². The van der Waals surface area contributed by atoms with E-state index in [0.717, 1.165) is 6.42 Å². The second-order valence-corrected chi connectivity index (χ2v) is 2.19. The third kappa shape index (κ3) is 7.21. The highest BCUT2D eigenvalue weighted by atomic mass is 16.4. The molecule has 0 unspecified atom stereocenters. The lowest BCUT2D eigenvalue weighted by molar-refractivity contribution is 0.322. The second-order valence-electron chi connectivity index (χ2n) is 2.19. The van der Waals surface area contributed by atoms with Crippen LogP contribution in [0.2, 0.25) is 0 Å². The molecule has 2 nitrogen and oxygen atoms in total. The second kappa shape index (κ2) is 8.21. The lowest BCUT2D eigenvalue weighted by Crippen LogP contribution is -1.71. The van der Waals surface area contributed by atoms with Crippen molar-refractivity contribution >= 4 is 6.21 Å². The van der Waals surface area contributed by atoms with Crippen molar-refractivity contribution in [2.45, 2.75) is 32.6 Å². The van der Waals surface area contributed by atoms with Crippen LogP contribution in [0.1, 0.15) is 32.6 Å². The van der Waals surface area contributed by atoms with E-state index in [1.807, 2.05) is 6.08 Å². The van der Waals surface area contributed by atoms with Crippen LogP contribution in [0.25, 0.3) is 0 Å². The van der Waals surface area contributed by atoms with Gasteiger partial charge in [-0.2, -0.15) is 0 Å². The van der Waals surface area contributed by atoms with Gasteiger partial charge in [-0.25, -0.2) is 0 Å². The molecule has 0 saturated heterocycles. The van der Waals surface area contributed by atoms with Crippen molar-refractivity contribution in [1.29, 1.82) is 0 Å². The van der Waals surface area contributed by atoms with Crippen molar-refractivity contribution in [1.82, 2.24) is 0 Å². The van der Waals surface area contributed by atoms with E-state index in [2.05, 4.69) is 12.1 Å². The molecule has 1 N–H and O–H groups in total. The van der Waals surface area contributed by atoms with Gasteiger partial charge in [0.1, 0.15) is 0 Å². The molecule has 0 aromatic carbocycles. The lowest BCUT2D eigenvalue weighted by Gasteiger charge is -1.89. The molecule has 2 heteroatoms. The van der Waals surface area contributed by atoms with Gasteiger partial charge in [0.05, 0.1) is 6.21 Å². The van der Waals surface area contributed by atoms with Gasteiger partial charge in [0, 0.05) is 0 Å². The van der Waals surface area contributed by atoms with Gasteiger partial charge < -0.3 is 5.21 Å². The lowest BCUT2D eigenvalue weighted by atomic mass is 10.2. The zero-order valence-corrected chi connectivity index (χ0v) is 6.45. The quantitative estimate of drug-likeness (QED) is 0.271. The third-order valence-electron chi connectivity index (χ3n) is 1.26. The zero-order chi connectivity index (χ0) is 7.66. The predicted molar refractivity (Wildman–Crippen MR) is 43.6 cm³/mol. The van der Waals surface area contributed by atoms with E-state index in [1.54, 1.807) is 6.08 Å². The van der Waals surface area contributed by atoms with Crippen molar-refractivity contribution < 1.29 is 5.21 Å². The van der Waals surface area contributed by atoms with Crippen LogP contribution in [-0.4, -0.2) is 11.4 Å². The van der Waals surface area contributed by atoms with Gasteiger partial charge in [-0.3, -0.25) is 0 Å². The molecule has 0 atom stereocenters. The highest BCUT2D eigenvalue weighted by molar-refractivity contribution is 5.70. The molecule has 0 aliphatic heterocycles. The smallest absolute Gasteiger partial charge is 0.0658 e. The molecule has 0 heterocycles. The van der Waals surface area contributed by atoms with Crippen molar-refractivity contribution in [2.24, 2.45) is 5.16 Å². The minimum atomic E-state index is 1.08. The van der Waals surface area contributed by atoms with Gasteiger partial charge in [0.15, 0.2) is 0 Å². The average Bonchev–Trinajstić information content (AvgIpc) is 1.97.